The Kier molecular flexibility index (Phi) is 4.54. The first kappa shape index (κ1) is 16.2. The zero-order valence-corrected chi connectivity index (χ0v) is 14.4. The molecule has 124 valence electrons. The Morgan fingerprint density at radius 3 is 3.00 bits per heavy atom. The number of anilines is 1. The highest BCUT2D eigenvalue weighted by Crippen LogP contribution is 2.30. The summed E-state index contributed by atoms with van der Waals surface area (Å²) >= 11 is 1.38. The fraction of sp³-hybridized carbons (Fsp3) is 0.467. The second kappa shape index (κ2) is 6.45. The number of nitrogens with one attached hydrogen (secondary N) is 1. The van der Waals surface area contributed by atoms with Crippen LogP contribution >= 0.6 is 11.3 Å². The topological polar surface area (TPSA) is 85.4 Å². The van der Waals surface area contributed by atoms with Gasteiger partial charge in [-0.05, 0) is 37.5 Å². The third-order valence-corrected chi connectivity index (χ3v) is 6.49. The number of amides is 1. The van der Waals surface area contributed by atoms with E-state index in [9.17, 15) is 13.2 Å². The number of sulfone groups is 1. The molecular formula is C15H18N2O4S2. The molecule has 1 atom stereocenters. The summed E-state index contributed by atoms with van der Waals surface area (Å²) in [6, 6.07) is 5.60. The highest BCUT2D eigenvalue weighted by Gasteiger charge is 2.29. The number of rotatable bonds is 5. The van der Waals surface area contributed by atoms with E-state index in [-0.39, 0.29) is 29.8 Å². The van der Waals surface area contributed by atoms with Crippen LogP contribution in [-0.4, -0.2) is 37.4 Å². The van der Waals surface area contributed by atoms with Gasteiger partial charge >= 0.3 is 0 Å². The van der Waals surface area contributed by atoms with Crippen LogP contribution in [0, 0.1) is 5.92 Å². The Hall–Kier alpha value is -1.67. The van der Waals surface area contributed by atoms with Crippen LogP contribution in [0.3, 0.4) is 0 Å². The zero-order valence-electron chi connectivity index (χ0n) is 12.7. The molecule has 0 bridgehead atoms. The van der Waals surface area contributed by atoms with Gasteiger partial charge in [-0.25, -0.2) is 13.4 Å². The second-order valence-electron chi connectivity index (χ2n) is 5.60. The molecule has 0 saturated carbocycles. The van der Waals surface area contributed by atoms with Crippen molar-refractivity contribution in [2.24, 2.45) is 5.92 Å². The molecule has 2 heterocycles. The first-order chi connectivity index (χ1) is 10.9. The molecule has 1 fully saturated rings. The number of hydrogen-bond acceptors (Lipinski definition) is 6. The summed E-state index contributed by atoms with van der Waals surface area (Å²) in [6.07, 6.45) is 0.784. The molecule has 1 aliphatic heterocycles. The minimum atomic E-state index is -2.95. The molecule has 1 amide bonds. The van der Waals surface area contributed by atoms with Crippen LogP contribution in [-0.2, 0) is 14.6 Å². The standard InChI is InChI=1S/C15H18N2O4S2/c1-2-21-11-3-4-12-13(8-11)22-15(16-12)17-14(18)7-10-5-6-23(19,20)9-10/h3-4,8,10H,2,5-7,9H2,1H3,(H,16,17,18)/t10-/m1/s1. The van der Waals surface area contributed by atoms with E-state index in [0.29, 0.717) is 18.2 Å². The van der Waals surface area contributed by atoms with Gasteiger partial charge in [-0.2, -0.15) is 0 Å². The minimum absolute atomic E-state index is 0.0843. The normalized spacial score (nSPS) is 19.8. The number of carbonyl (C=O) groups excluding carboxylic acids is 1. The molecule has 3 rings (SSSR count). The van der Waals surface area contributed by atoms with Crippen LogP contribution in [0.5, 0.6) is 5.75 Å². The smallest absolute Gasteiger partial charge is 0.226 e. The molecule has 2 aromatic rings. The van der Waals surface area contributed by atoms with Gasteiger partial charge in [0.25, 0.3) is 0 Å². The number of nitrogens with zero attached hydrogens (tertiary/aromatic N) is 1. The molecule has 1 saturated heterocycles. The number of thiazole rings is 1. The van der Waals surface area contributed by atoms with Crippen molar-refractivity contribution in [1.82, 2.24) is 4.98 Å². The average molecular weight is 354 g/mol. The van der Waals surface area contributed by atoms with Crippen LogP contribution in [0.4, 0.5) is 5.13 Å². The van der Waals surface area contributed by atoms with E-state index < -0.39 is 9.84 Å². The molecule has 23 heavy (non-hydrogen) atoms. The van der Waals surface area contributed by atoms with Crippen LogP contribution < -0.4 is 10.1 Å². The molecular weight excluding hydrogens is 336 g/mol. The highest BCUT2D eigenvalue weighted by molar-refractivity contribution is 7.91. The van der Waals surface area contributed by atoms with Crippen molar-refractivity contribution in [3.63, 3.8) is 0 Å². The van der Waals surface area contributed by atoms with Gasteiger partial charge in [-0.1, -0.05) is 11.3 Å². The fourth-order valence-electron chi connectivity index (χ4n) is 2.68. The number of fused-ring (bicyclic) bond motifs is 1. The van der Waals surface area contributed by atoms with Crippen LogP contribution in [0.15, 0.2) is 18.2 Å². The minimum Gasteiger partial charge on any atom is -0.494 e. The average Bonchev–Trinajstić information content (AvgIpc) is 3.01. The maximum Gasteiger partial charge on any atom is 0.226 e. The fourth-order valence-corrected chi connectivity index (χ4v) is 5.45. The Labute approximate surface area is 138 Å². The van der Waals surface area contributed by atoms with E-state index in [0.717, 1.165) is 16.0 Å². The van der Waals surface area contributed by atoms with Gasteiger partial charge in [-0.15, -0.1) is 0 Å². The maximum atomic E-state index is 12.1. The predicted octanol–water partition coefficient (Wildman–Crippen LogP) is 2.46. The van der Waals surface area contributed by atoms with Crippen molar-refractivity contribution in [2.45, 2.75) is 19.8 Å². The summed E-state index contributed by atoms with van der Waals surface area (Å²) < 4.78 is 29.2. The molecule has 1 aromatic carbocycles. The number of hydrogen-bond donors (Lipinski definition) is 1. The van der Waals surface area contributed by atoms with Gasteiger partial charge in [0.1, 0.15) is 5.75 Å². The number of aromatic nitrogens is 1. The van der Waals surface area contributed by atoms with Gasteiger partial charge in [0.15, 0.2) is 15.0 Å². The van der Waals surface area contributed by atoms with E-state index >= 15 is 0 Å². The number of carbonyl (C=O) groups is 1. The largest absolute Gasteiger partial charge is 0.494 e. The molecule has 0 spiro atoms. The molecule has 1 aromatic heterocycles. The summed E-state index contributed by atoms with van der Waals surface area (Å²) in [5.74, 6) is 0.803. The lowest BCUT2D eigenvalue weighted by atomic mass is 10.1. The van der Waals surface area contributed by atoms with E-state index in [2.05, 4.69) is 10.3 Å². The van der Waals surface area contributed by atoms with Crippen molar-refractivity contribution in [2.75, 3.05) is 23.4 Å². The van der Waals surface area contributed by atoms with Crippen molar-refractivity contribution in [3.05, 3.63) is 18.2 Å². The van der Waals surface area contributed by atoms with Crippen LogP contribution in [0.25, 0.3) is 10.2 Å². The summed E-state index contributed by atoms with van der Waals surface area (Å²) in [7, 11) is -2.95. The van der Waals surface area contributed by atoms with Crippen LogP contribution in [0.1, 0.15) is 19.8 Å². The van der Waals surface area contributed by atoms with Crippen molar-refractivity contribution >= 4 is 42.4 Å². The van der Waals surface area contributed by atoms with E-state index in [1.54, 1.807) is 0 Å². The lowest BCUT2D eigenvalue weighted by Gasteiger charge is -2.06. The van der Waals surface area contributed by atoms with Crippen LogP contribution in [0.2, 0.25) is 0 Å². The molecule has 0 unspecified atom stereocenters. The van der Waals surface area contributed by atoms with E-state index in [1.807, 2.05) is 25.1 Å². The Bertz CT molecular complexity index is 829. The summed E-state index contributed by atoms with van der Waals surface area (Å²) in [4.78, 5) is 16.4. The van der Waals surface area contributed by atoms with E-state index in [4.69, 9.17) is 4.74 Å². The summed E-state index contributed by atoms with van der Waals surface area (Å²) in [6.45, 7) is 2.52. The van der Waals surface area contributed by atoms with Crippen molar-refractivity contribution in [3.8, 4) is 5.75 Å². The molecule has 0 aliphatic carbocycles. The molecule has 1 N–H and O–H groups in total. The number of benzene rings is 1. The predicted molar refractivity (Wildman–Crippen MR) is 90.8 cm³/mol. The SMILES string of the molecule is CCOc1ccc2nc(NC(=O)C[C@H]3CCS(=O)(=O)C3)sc2c1. The van der Waals surface area contributed by atoms with Gasteiger partial charge in [-0.3, -0.25) is 4.79 Å². The van der Waals surface area contributed by atoms with E-state index in [1.165, 1.54) is 11.3 Å². The van der Waals surface area contributed by atoms with Gasteiger partial charge in [0, 0.05) is 6.42 Å². The van der Waals surface area contributed by atoms with Gasteiger partial charge in [0.2, 0.25) is 5.91 Å². The summed E-state index contributed by atoms with van der Waals surface area (Å²) in [5, 5.41) is 3.30. The Morgan fingerprint density at radius 1 is 1.48 bits per heavy atom. The lowest BCUT2D eigenvalue weighted by molar-refractivity contribution is -0.116. The summed E-state index contributed by atoms with van der Waals surface area (Å²) in [5.41, 5.74) is 0.803. The number of ether oxygens (including phenoxy) is 1. The Balaban J connectivity index is 1.65. The molecule has 8 heteroatoms. The lowest BCUT2D eigenvalue weighted by Crippen LogP contribution is -2.17. The zero-order chi connectivity index (χ0) is 16.4. The molecule has 1 aliphatic rings. The third kappa shape index (κ3) is 4.00. The molecule has 6 nitrogen and oxygen atoms in total. The quantitative estimate of drug-likeness (QED) is 0.891. The second-order valence-corrected chi connectivity index (χ2v) is 8.86. The third-order valence-electron chi connectivity index (χ3n) is 3.72. The molecule has 0 radical (unpaired) electrons. The van der Waals surface area contributed by atoms with Crippen molar-refractivity contribution in [1.29, 1.82) is 0 Å². The van der Waals surface area contributed by atoms with Gasteiger partial charge in [0.05, 0.1) is 28.3 Å². The maximum absolute atomic E-state index is 12.1. The highest BCUT2D eigenvalue weighted by atomic mass is 32.2. The first-order valence-electron chi connectivity index (χ1n) is 7.49. The van der Waals surface area contributed by atoms with Gasteiger partial charge < -0.3 is 10.1 Å². The monoisotopic (exact) mass is 354 g/mol. The van der Waals surface area contributed by atoms with Crippen molar-refractivity contribution < 1.29 is 17.9 Å². The first-order valence-corrected chi connectivity index (χ1v) is 10.1. The Morgan fingerprint density at radius 2 is 2.30 bits per heavy atom.